The first-order valence-electron chi connectivity index (χ1n) is 7.32. The number of rotatable bonds is 4. The van der Waals surface area contributed by atoms with Crippen LogP contribution in [-0.4, -0.2) is 17.2 Å². The van der Waals surface area contributed by atoms with Crippen molar-refractivity contribution >= 4 is 12.0 Å². The fourth-order valence-electron chi connectivity index (χ4n) is 2.71. The standard InChI is InChI=1S/C17H21FO3/c1-11-3-5-15(7-12(11)2)21-16-9-13(4-6-17(19)20)8-14(18)10-16/h4,6,8-12,15H,3,5,7H2,1-2H3,(H,19,20)/b6-4+. The second-order valence-electron chi connectivity index (χ2n) is 5.90. The molecule has 0 radical (unpaired) electrons. The van der Waals surface area contributed by atoms with Crippen LogP contribution in [0.15, 0.2) is 24.3 Å². The molecule has 1 aliphatic rings. The van der Waals surface area contributed by atoms with Crippen LogP contribution < -0.4 is 4.74 Å². The van der Waals surface area contributed by atoms with Crippen LogP contribution in [0.25, 0.3) is 6.08 Å². The Morgan fingerprint density at radius 1 is 1.29 bits per heavy atom. The van der Waals surface area contributed by atoms with Crippen LogP contribution in [0, 0.1) is 17.7 Å². The van der Waals surface area contributed by atoms with Crippen LogP contribution in [0.5, 0.6) is 5.75 Å². The molecule has 0 aromatic heterocycles. The molecule has 1 N–H and O–H groups in total. The van der Waals surface area contributed by atoms with Gasteiger partial charge in [-0.1, -0.05) is 13.8 Å². The van der Waals surface area contributed by atoms with E-state index in [1.54, 1.807) is 6.07 Å². The zero-order chi connectivity index (χ0) is 15.4. The van der Waals surface area contributed by atoms with Gasteiger partial charge in [0.2, 0.25) is 0 Å². The van der Waals surface area contributed by atoms with Crippen molar-refractivity contribution in [1.82, 2.24) is 0 Å². The fourth-order valence-corrected chi connectivity index (χ4v) is 2.71. The Labute approximate surface area is 124 Å². The van der Waals surface area contributed by atoms with Crippen molar-refractivity contribution in [3.05, 3.63) is 35.7 Å². The number of benzene rings is 1. The summed E-state index contributed by atoms with van der Waals surface area (Å²) in [5.74, 6) is 0.286. The molecule has 0 aliphatic heterocycles. The lowest BCUT2D eigenvalue weighted by Crippen LogP contribution is -2.28. The topological polar surface area (TPSA) is 46.5 Å². The number of hydrogen-bond acceptors (Lipinski definition) is 2. The lowest BCUT2D eigenvalue weighted by molar-refractivity contribution is -0.131. The van der Waals surface area contributed by atoms with Crippen LogP contribution >= 0.6 is 0 Å². The van der Waals surface area contributed by atoms with Gasteiger partial charge in [-0.05, 0) is 54.9 Å². The Morgan fingerprint density at radius 2 is 2.05 bits per heavy atom. The molecule has 0 saturated heterocycles. The summed E-state index contributed by atoms with van der Waals surface area (Å²) in [6, 6.07) is 4.31. The highest BCUT2D eigenvalue weighted by Gasteiger charge is 2.25. The van der Waals surface area contributed by atoms with Crippen LogP contribution in [-0.2, 0) is 4.79 Å². The molecule has 3 atom stereocenters. The van der Waals surface area contributed by atoms with E-state index in [-0.39, 0.29) is 6.10 Å². The number of halogens is 1. The number of carboxylic acids is 1. The molecule has 0 heterocycles. The third-order valence-corrected chi connectivity index (χ3v) is 4.16. The maximum absolute atomic E-state index is 13.6. The molecule has 4 heteroatoms. The van der Waals surface area contributed by atoms with Gasteiger partial charge in [0.1, 0.15) is 11.6 Å². The van der Waals surface area contributed by atoms with Gasteiger partial charge in [0.05, 0.1) is 6.10 Å². The Bertz CT molecular complexity index is 539. The molecule has 3 unspecified atom stereocenters. The lowest BCUT2D eigenvalue weighted by atomic mass is 9.80. The van der Waals surface area contributed by atoms with Gasteiger partial charge in [-0.2, -0.15) is 0 Å². The van der Waals surface area contributed by atoms with Crippen molar-refractivity contribution in [2.45, 2.75) is 39.2 Å². The number of aliphatic carboxylic acids is 1. The summed E-state index contributed by atoms with van der Waals surface area (Å²) in [6.07, 6.45) is 5.52. The summed E-state index contributed by atoms with van der Waals surface area (Å²) in [7, 11) is 0. The van der Waals surface area contributed by atoms with Gasteiger partial charge in [-0.3, -0.25) is 0 Å². The SMILES string of the molecule is CC1CCC(Oc2cc(F)cc(/C=C/C(=O)O)c2)CC1C. The first kappa shape index (κ1) is 15.5. The second kappa shape index (κ2) is 6.74. The van der Waals surface area contributed by atoms with Crippen LogP contribution in [0.1, 0.15) is 38.7 Å². The highest BCUT2D eigenvalue weighted by molar-refractivity contribution is 5.85. The van der Waals surface area contributed by atoms with Crippen molar-refractivity contribution in [2.75, 3.05) is 0 Å². The van der Waals surface area contributed by atoms with Crippen molar-refractivity contribution in [2.24, 2.45) is 11.8 Å². The van der Waals surface area contributed by atoms with Crippen molar-refractivity contribution in [3.8, 4) is 5.75 Å². The summed E-state index contributed by atoms with van der Waals surface area (Å²) < 4.78 is 19.5. The van der Waals surface area contributed by atoms with Crippen LogP contribution in [0.2, 0.25) is 0 Å². The predicted octanol–water partition coefficient (Wildman–Crippen LogP) is 4.13. The van der Waals surface area contributed by atoms with Crippen molar-refractivity contribution in [3.63, 3.8) is 0 Å². The molecule has 0 amide bonds. The Morgan fingerprint density at radius 3 is 2.71 bits per heavy atom. The largest absolute Gasteiger partial charge is 0.490 e. The average molecular weight is 292 g/mol. The van der Waals surface area contributed by atoms with E-state index in [0.29, 0.717) is 23.1 Å². The van der Waals surface area contributed by atoms with Crippen molar-refractivity contribution < 1.29 is 19.0 Å². The fraction of sp³-hybridized carbons (Fsp3) is 0.471. The van der Waals surface area contributed by atoms with Gasteiger partial charge in [0, 0.05) is 12.1 Å². The highest BCUT2D eigenvalue weighted by atomic mass is 19.1. The number of hydrogen-bond donors (Lipinski definition) is 1. The van der Waals surface area contributed by atoms with E-state index in [1.165, 1.54) is 18.2 Å². The zero-order valence-corrected chi connectivity index (χ0v) is 12.4. The molecule has 0 bridgehead atoms. The molecule has 1 aliphatic carbocycles. The van der Waals surface area contributed by atoms with Gasteiger partial charge >= 0.3 is 5.97 Å². The third-order valence-electron chi connectivity index (χ3n) is 4.16. The van der Waals surface area contributed by atoms with E-state index in [0.717, 1.165) is 25.3 Å². The monoisotopic (exact) mass is 292 g/mol. The van der Waals surface area contributed by atoms with E-state index in [9.17, 15) is 9.18 Å². The number of carbonyl (C=O) groups is 1. The van der Waals surface area contributed by atoms with E-state index in [4.69, 9.17) is 9.84 Å². The van der Waals surface area contributed by atoms with E-state index < -0.39 is 11.8 Å². The predicted molar refractivity (Wildman–Crippen MR) is 79.7 cm³/mol. The highest BCUT2D eigenvalue weighted by Crippen LogP contribution is 2.32. The summed E-state index contributed by atoms with van der Waals surface area (Å²) in [6.45, 7) is 4.46. The number of ether oxygens (including phenoxy) is 1. The Balaban J connectivity index is 2.08. The molecule has 1 fully saturated rings. The first-order valence-corrected chi connectivity index (χ1v) is 7.32. The van der Waals surface area contributed by atoms with Gasteiger partial charge in [-0.15, -0.1) is 0 Å². The first-order chi connectivity index (χ1) is 9.94. The minimum atomic E-state index is -1.06. The Kier molecular flexibility index (Phi) is 4.99. The molecule has 21 heavy (non-hydrogen) atoms. The number of carboxylic acid groups (broad SMARTS) is 1. The van der Waals surface area contributed by atoms with Crippen molar-refractivity contribution in [1.29, 1.82) is 0 Å². The molecule has 3 nitrogen and oxygen atoms in total. The summed E-state index contributed by atoms with van der Waals surface area (Å²) in [4.78, 5) is 10.5. The minimum absolute atomic E-state index is 0.106. The molecular formula is C17H21FO3. The quantitative estimate of drug-likeness (QED) is 0.849. The van der Waals surface area contributed by atoms with E-state index >= 15 is 0 Å². The third kappa shape index (κ3) is 4.59. The van der Waals surface area contributed by atoms with Gasteiger partial charge in [-0.25, -0.2) is 9.18 Å². The lowest BCUT2D eigenvalue weighted by Gasteiger charge is -2.32. The molecule has 2 rings (SSSR count). The van der Waals surface area contributed by atoms with E-state index in [2.05, 4.69) is 13.8 Å². The Hall–Kier alpha value is -1.84. The maximum atomic E-state index is 13.6. The molecule has 0 spiro atoms. The molecule has 1 aromatic carbocycles. The van der Waals surface area contributed by atoms with Crippen LogP contribution in [0.3, 0.4) is 0 Å². The molecule has 114 valence electrons. The summed E-state index contributed by atoms with van der Waals surface area (Å²) in [5, 5.41) is 8.62. The zero-order valence-electron chi connectivity index (χ0n) is 12.4. The van der Waals surface area contributed by atoms with Crippen LogP contribution in [0.4, 0.5) is 4.39 Å². The van der Waals surface area contributed by atoms with Gasteiger partial charge < -0.3 is 9.84 Å². The smallest absolute Gasteiger partial charge is 0.328 e. The molecule has 1 aromatic rings. The minimum Gasteiger partial charge on any atom is -0.490 e. The van der Waals surface area contributed by atoms with Gasteiger partial charge in [0.25, 0.3) is 0 Å². The molecule has 1 saturated carbocycles. The maximum Gasteiger partial charge on any atom is 0.328 e. The summed E-state index contributed by atoms with van der Waals surface area (Å²) >= 11 is 0. The average Bonchev–Trinajstić information content (AvgIpc) is 2.40. The van der Waals surface area contributed by atoms with E-state index in [1.807, 2.05) is 0 Å². The summed E-state index contributed by atoms with van der Waals surface area (Å²) in [5.41, 5.74) is 0.490. The normalized spacial score (nSPS) is 26.0. The molecular weight excluding hydrogens is 271 g/mol. The second-order valence-corrected chi connectivity index (χ2v) is 5.90. The van der Waals surface area contributed by atoms with Gasteiger partial charge in [0.15, 0.2) is 0 Å².